The van der Waals surface area contributed by atoms with Crippen LogP contribution in [0.4, 0.5) is 0 Å². The minimum absolute atomic E-state index is 0.313. The lowest BCUT2D eigenvalue weighted by molar-refractivity contribution is -0.211. The molecular weight excluding hydrogens is 228 g/mol. The third-order valence-electron chi connectivity index (χ3n) is 2.42. The van der Waals surface area contributed by atoms with E-state index in [2.05, 4.69) is 6.58 Å². The molecule has 0 aromatic heterocycles. The molecule has 0 aliphatic rings. The zero-order valence-electron chi connectivity index (χ0n) is 10.5. The topological polar surface area (TPSA) is 54.0 Å². The van der Waals surface area contributed by atoms with Gasteiger partial charge in [0.1, 0.15) is 6.10 Å². The van der Waals surface area contributed by atoms with Crippen molar-refractivity contribution < 1.29 is 23.4 Å². The molecule has 0 saturated carbocycles. The summed E-state index contributed by atoms with van der Waals surface area (Å²) < 4.78 is 20.9. The van der Waals surface area contributed by atoms with Gasteiger partial charge in [0.05, 0.1) is 0 Å². The second-order valence-corrected chi connectivity index (χ2v) is 5.02. The van der Waals surface area contributed by atoms with Crippen molar-refractivity contribution in [2.45, 2.75) is 25.4 Å². The van der Waals surface area contributed by atoms with Crippen LogP contribution in [0.15, 0.2) is 12.2 Å². The molecule has 0 saturated heterocycles. The summed E-state index contributed by atoms with van der Waals surface area (Å²) in [5.41, 5.74) is -0.599. The lowest BCUT2D eigenvalue weighted by atomic mass is 10.4. The van der Waals surface area contributed by atoms with E-state index in [1.165, 1.54) is 14.2 Å². The Hall–Kier alpha value is -0.693. The first-order valence-corrected chi connectivity index (χ1v) is 6.17. The molecule has 0 aromatic rings. The Morgan fingerprint density at radius 2 is 1.81 bits per heavy atom. The highest BCUT2D eigenvalue weighted by Gasteiger charge is 2.39. The maximum absolute atomic E-state index is 11.3. The van der Waals surface area contributed by atoms with Crippen LogP contribution in [0, 0.1) is 0 Å². The van der Waals surface area contributed by atoms with Crippen molar-refractivity contribution in [3.63, 3.8) is 0 Å². The Labute approximate surface area is 98.6 Å². The molecule has 94 valence electrons. The second kappa shape index (κ2) is 6.80. The summed E-state index contributed by atoms with van der Waals surface area (Å²) in [6, 6.07) is 0. The summed E-state index contributed by atoms with van der Waals surface area (Å²) in [6.07, 6.45) is -0.313. The predicted octanol–water partition coefficient (Wildman–Crippen LogP) is 0.171. The molecule has 0 N–H and O–H groups in total. The van der Waals surface area contributed by atoms with Gasteiger partial charge in [-0.3, -0.25) is 0 Å². The molecule has 0 heterocycles. The van der Waals surface area contributed by atoms with Gasteiger partial charge in [-0.15, -0.1) is 0 Å². The number of carbonyl (C=O) groups excluding carboxylic acids is 1. The zero-order chi connectivity index (χ0) is 12.8. The summed E-state index contributed by atoms with van der Waals surface area (Å²) in [5.74, 6) is -0.423. The van der Waals surface area contributed by atoms with Gasteiger partial charge in [0.25, 0.3) is 9.76 Å². The highest BCUT2D eigenvalue weighted by molar-refractivity contribution is 6.35. The molecule has 16 heavy (non-hydrogen) atoms. The van der Waals surface area contributed by atoms with Crippen LogP contribution in [0.25, 0.3) is 0 Å². The maximum Gasteiger partial charge on any atom is 0.319 e. The molecule has 5 nitrogen and oxygen atoms in total. The van der Waals surface area contributed by atoms with Gasteiger partial charge in [-0.2, -0.15) is 0 Å². The van der Waals surface area contributed by atoms with E-state index >= 15 is 0 Å². The van der Waals surface area contributed by atoms with Crippen LogP contribution in [0.1, 0.15) is 13.8 Å². The second-order valence-electron chi connectivity index (χ2n) is 3.45. The first-order valence-electron chi connectivity index (χ1n) is 4.89. The van der Waals surface area contributed by atoms with E-state index < -0.39 is 21.1 Å². The van der Waals surface area contributed by atoms with Crippen molar-refractivity contribution in [3.05, 3.63) is 12.2 Å². The van der Waals surface area contributed by atoms with Crippen LogP contribution < -0.4 is 0 Å². The monoisotopic (exact) mass is 248 g/mol. The number of rotatable bonds is 7. The summed E-state index contributed by atoms with van der Waals surface area (Å²) in [4.78, 5) is 11.3. The summed E-state index contributed by atoms with van der Waals surface area (Å²) in [5, 5.41) is 0. The first kappa shape index (κ1) is 15.3. The van der Waals surface area contributed by atoms with Crippen molar-refractivity contribution in [1.82, 2.24) is 0 Å². The Balaban J connectivity index is 4.56. The molecule has 0 radical (unpaired) electrons. The average molecular weight is 248 g/mol. The van der Waals surface area contributed by atoms with Gasteiger partial charge in [-0.1, -0.05) is 6.58 Å². The van der Waals surface area contributed by atoms with Gasteiger partial charge in [-0.25, -0.2) is 4.79 Å². The van der Waals surface area contributed by atoms with E-state index in [4.69, 9.17) is 18.6 Å². The molecule has 0 fully saturated rings. The lowest BCUT2D eigenvalue weighted by Crippen LogP contribution is -2.52. The predicted molar refractivity (Wildman–Crippen MR) is 62.7 cm³/mol. The number of ether oxygens (including phenoxy) is 3. The Morgan fingerprint density at radius 3 is 2.12 bits per heavy atom. The highest BCUT2D eigenvalue weighted by atomic mass is 28.2. The van der Waals surface area contributed by atoms with Crippen LogP contribution in [0.3, 0.4) is 0 Å². The SMILES string of the molecule is C=C(C)C(=O)O[SiH2]C(OC)(OC)C(C)OC. The normalized spacial score (nSPS) is 14.1. The van der Waals surface area contributed by atoms with Gasteiger partial charge in [0.2, 0.25) is 5.41 Å². The lowest BCUT2D eigenvalue weighted by Gasteiger charge is -2.34. The van der Waals surface area contributed by atoms with E-state index in [-0.39, 0.29) is 6.10 Å². The maximum atomic E-state index is 11.3. The standard InChI is InChI=1S/C10H20O5Si/c1-7(2)9(11)15-16-10(13-5,14-6)8(3)12-4/h8H,1,16H2,2-6H3. The molecule has 0 aliphatic carbocycles. The van der Waals surface area contributed by atoms with Crippen molar-refractivity contribution in [1.29, 1.82) is 0 Å². The summed E-state index contributed by atoms with van der Waals surface area (Å²) in [7, 11) is 3.14. The fraction of sp³-hybridized carbons (Fsp3) is 0.700. The van der Waals surface area contributed by atoms with E-state index in [0.717, 1.165) is 0 Å². The molecule has 0 aromatic carbocycles. The Kier molecular flexibility index (Phi) is 6.50. The van der Waals surface area contributed by atoms with Gasteiger partial charge in [-0.05, 0) is 13.8 Å². The molecule has 0 aliphatic heterocycles. The quantitative estimate of drug-likeness (QED) is 0.365. The van der Waals surface area contributed by atoms with Crippen LogP contribution in [0.2, 0.25) is 0 Å². The smallest absolute Gasteiger partial charge is 0.319 e. The highest BCUT2D eigenvalue weighted by Crippen LogP contribution is 2.18. The van der Waals surface area contributed by atoms with Crippen LogP contribution in [-0.4, -0.2) is 48.6 Å². The third-order valence-corrected chi connectivity index (χ3v) is 4.38. The summed E-state index contributed by atoms with van der Waals surface area (Å²) in [6.45, 7) is 6.90. The number of hydrogen-bond donors (Lipinski definition) is 0. The molecule has 0 bridgehead atoms. The van der Waals surface area contributed by atoms with Crippen molar-refractivity contribution in [2.75, 3.05) is 21.3 Å². The largest absolute Gasteiger partial charge is 0.516 e. The van der Waals surface area contributed by atoms with Crippen molar-refractivity contribution in [2.24, 2.45) is 0 Å². The number of carbonyl (C=O) groups is 1. The van der Waals surface area contributed by atoms with Crippen LogP contribution in [-0.2, 0) is 23.4 Å². The molecule has 1 unspecified atom stereocenters. The molecule has 6 heteroatoms. The van der Waals surface area contributed by atoms with Crippen molar-refractivity contribution in [3.8, 4) is 0 Å². The third kappa shape index (κ3) is 3.71. The molecule has 0 amide bonds. The minimum Gasteiger partial charge on any atom is -0.516 e. The van der Waals surface area contributed by atoms with Crippen LogP contribution >= 0.6 is 0 Å². The first-order chi connectivity index (χ1) is 7.43. The molecule has 0 spiro atoms. The van der Waals surface area contributed by atoms with E-state index in [0.29, 0.717) is 5.57 Å². The fourth-order valence-electron chi connectivity index (χ4n) is 1.12. The summed E-state index contributed by atoms with van der Waals surface area (Å²) >= 11 is 0. The van der Waals surface area contributed by atoms with Gasteiger partial charge in [0, 0.05) is 26.9 Å². The van der Waals surface area contributed by atoms with Gasteiger partial charge < -0.3 is 18.6 Å². The Morgan fingerprint density at radius 1 is 1.31 bits per heavy atom. The molecular formula is C10H20O5Si. The number of methoxy groups -OCH3 is 3. The van der Waals surface area contributed by atoms with Gasteiger partial charge in [0.15, 0.2) is 0 Å². The molecule has 1 atom stereocenters. The molecule has 0 rings (SSSR count). The number of hydrogen-bond acceptors (Lipinski definition) is 5. The van der Waals surface area contributed by atoms with E-state index in [1.807, 2.05) is 0 Å². The van der Waals surface area contributed by atoms with E-state index in [9.17, 15) is 4.79 Å². The zero-order valence-corrected chi connectivity index (χ0v) is 11.9. The Bertz CT molecular complexity index is 250. The van der Waals surface area contributed by atoms with Gasteiger partial charge >= 0.3 is 5.97 Å². The average Bonchev–Trinajstić information content (AvgIpc) is 2.29. The van der Waals surface area contributed by atoms with Crippen molar-refractivity contribution >= 4 is 15.7 Å². The van der Waals surface area contributed by atoms with Crippen LogP contribution in [0.5, 0.6) is 0 Å². The fourth-order valence-corrected chi connectivity index (χ4v) is 2.34. The van der Waals surface area contributed by atoms with E-state index in [1.54, 1.807) is 21.0 Å². The minimum atomic E-state index is -1.41.